The van der Waals surface area contributed by atoms with Crippen molar-refractivity contribution < 1.29 is 0 Å². The van der Waals surface area contributed by atoms with Crippen molar-refractivity contribution in [1.29, 1.82) is 0 Å². The molecule has 0 spiro atoms. The molecule has 2 N–H and O–H groups in total. The smallest absolute Gasteiger partial charge is 0.0679 e. The molecule has 0 aliphatic heterocycles. The van der Waals surface area contributed by atoms with Crippen molar-refractivity contribution in [2.75, 3.05) is 0 Å². The lowest BCUT2D eigenvalue weighted by molar-refractivity contribution is 0.609. The van der Waals surface area contributed by atoms with Gasteiger partial charge in [0.15, 0.2) is 0 Å². The maximum Gasteiger partial charge on any atom is 0.0679 e. The van der Waals surface area contributed by atoms with Crippen LogP contribution in [0.3, 0.4) is 0 Å². The van der Waals surface area contributed by atoms with Crippen LogP contribution < -0.4 is 5.73 Å². The molecule has 0 saturated carbocycles. The van der Waals surface area contributed by atoms with Crippen LogP contribution in [0, 0.1) is 0 Å². The fraction of sp³-hybridized carbons (Fsp3) is 0.200. The number of hydrogen-bond donors (Lipinski definition) is 1. The van der Waals surface area contributed by atoms with Crippen molar-refractivity contribution in [3.8, 4) is 0 Å². The van der Waals surface area contributed by atoms with E-state index < -0.39 is 5.54 Å². The predicted octanol–water partition coefficient (Wildman–Crippen LogP) is 3.89. The van der Waals surface area contributed by atoms with Crippen LogP contribution >= 0.6 is 0 Å². The Hall–Kier alpha value is -2.52. The molecule has 2 aromatic carbocycles. The number of aromatic nitrogens is 2. The zero-order valence-electron chi connectivity index (χ0n) is 13.7. The summed E-state index contributed by atoms with van der Waals surface area (Å²) >= 11 is 0. The maximum absolute atomic E-state index is 6.89. The average molecular weight is 303 g/mol. The first-order valence-electron chi connectivity index (χ1n) is 7.88. The summed E-state index contributed by atoms with van der Waals surface area (Å²) in [6, 6.07) is 16.9. The first-order valence-corrected chi connectivity index (χ1v) is 7.88. The first-order chi connectivity index (χ1) is 11.0. The van der Waals surface area contributed by atoms with Crippen LogP contribution in [0.15, 0.2) is 60.9 Å². The molecule has 0 fully saturated rings. The van der Waals surface area contributed by atoms with Gasteiger partial charge < -0.3 is 14.9 Å². The molecule has 0 saturated heterocycles. The third-order valence-electron chi connectivity index (χ3n) is 4.91. The number of benzene rings is 2. The highest BCUT2D eigenvalue weighted by Crippen LogP contribution is 2.37. The lowest BCUT2D eigenvalue weighted by Crippen LogP contribution is -2.34. The van der Waals surface area contributed by atoms with Crippen LogP contribution in [0.25, 0.3) is 21.8 Å². The zero-order valence-corrected chi connectivity index (χ0v) is 13.7. The minimum absolute atomic E-state index is 0.554. The van der Waals surface area contributed by atoms with Crippen molar-refractivity contribution in [3.63, 3.8) is 0 Å². The highest BCUT2D eigenvalue weighted by atomic mass is 14.9. The zero-order chi connectivity index (χ0) is 16.2. The fourth-order valence-electron chi connectivity index (χ4n) is 3.66. The molecule has 0 aliphatic rings. The summed E-state index contributed by atoms with van der Waals surface area (Å²) in [6.45, 7) is 2.11. The summed E-state index contributed by atoms with van der Waals surface area (Å²) in [6.07, 6.45) is 4.32. The Morgan fingerprint density at radius 1 is 0.739 bits per heavy atom. The molecule has 4 aromatic rings. The number of aryl methyl sites for hydroxylation is 2. The molecule has 3 heteroatoms. The predicted molar refractivity (Wildman–Crippen MR) is 96.5 cm³/mol. The van der Waals surface area contributed by atoms with E-state index in [9.17, 15) is 0 Å². The molecule has 3 nitrogen and oxygen atoms in total. The average Bonchev–Trinajstić information content (AvgIpc) is 3.08. The minimum atomic E-state index is -0.554. The molecule has 2 heterocycles. The number of rotatable bonds is 2. The number of para-hydroxylation sites is 2. The maximum atomic E-state index is 6.89. The van der Waals surface area contributed by atoms with E-state index >= 15 is 0 Å². The Morgan fingerprint density at radius 2 is 1.13 bits per heavy atom. The Balaban J connectivity index is 2.02. The summed E-state index contributed by atoms with van der Waals surface area (Å²) < 4.78 is 4.31. The Morgan fingerprint density at radius 3 is 1.57 bits per heavy atom. The van der Waals surface area contributed by atoms with Gasteiger partial charge in [0, 0.05) is 59.4 Å². The molecular formula is C20H21N3. The van der Waals surface area contributed by atoms with Gasteiger partial charge in [-0.25, -0.2) is 0 Å². The van der Waals surface area contributed by atoms with E-state index in [0.717, 1.165) is 11.1 Å². The van der Waals surface area contributed by atoms with Gasteiger partial charge in [0.25, 0.3) is 0 Å². The fourth-order valence-corrected chi connectivity index (χ4v) is 3.66. The number of nitrogens with two attached hydrogens (primary N) is 1. The third kappa shape index (κ3) is 1.93. The monoisotopic (exact) mass is 303 g/mol. The Labute approximate surface area is 135 Å². The molecule has 4 rings (SSSR count). The molecule has 0 radical (unpaired) electrons. The molecule has 0 unspecified atom stereocenters. The number of hydrogen-bond acceptors (Lipinski definition) is 1. The SMILES string of the molecule is Cn1cc(C(C)(N)c2cn(C)c3ccccc23)c2ccccc21. The van der Waals surface area contributed by atoms with Gasteiger partial charge in [-0.2, -0.15) is 0 Å². The van der Waals surface area contributed by atoms with Crippen molar-refractivity contribution >= 4 is 21.8 Å². The minimum Gasteiger partial charge on any atom is -0.350 e. The molecule has 0 aliphatic carbocycles. The molecular weight excluding hydrogens is 282 g/mol. The van der Waals surface area contributed by atoms with Crippen molar-refractivity contribution in [1.82, 2.24) is 9.13 Å². The van der Waals surface area contributed by atoms with Crippen molar-refractivity contribution in [2.24, 2.45) is 19.8 Å². The second-order valence-corrected chi connectivity index (χ2v) is 6.54. The molecule has 0 bridgehead atoms. The standard InChI is InChI=1S/C20H21N3/c1-20(21,16-12-22(2)18-10-6-4-8-14(16)18)17-13-23(3)19-11-7-5-9-15(17)19/h4-13H,21H2,1-3H3. The van der Waals surface area contributed by atoms with E-state index in [-0.39, 0.29) is 0 Å². The first kappa shape index (κ1) is 14.1. The van der Waals surface area contributed by atoms with Crippen LogP contribution in [0.5, 0.6) is 0 Å². The summed E-state index contributed by atoms with van der Waals surface area (Å²) in [5, 5.41) is 2.43. The van der Waals surface area contributed by atoms with E-state index in [2.05, 4.69) is 91.1 Å². The van der Waals surface area contributed by atoms with Crippen molar-refractivity contribution in [2.45, 2.75) is 12.5 Å². The number of nitrogens with zero attached hydrogens (tertiary/aromatic N) is 2. The van der Waals surface area contributed by atoms with E-state index in [0.29, 0.717) is 0 Å². The molecule has 0 atom stereocenters. The van der Waals surface area contributed by atoms with Gasteiger partial charge in [-0.15, -0.1) is 0 Å². The molecule has 2 aromatic heterocycles. The van der Waals surface area contributed by atoms with E-state index in [1.807, 2.05) is 0 Å². The van der Waals surface area contributed by atoms with E-state index in [1.54, 1.807) is 0 Å². The lowest BCUT2D eigenvalue weighted by Gasteiger charge is -2.24. The second kappa shape index (κ2) is 4.74. The highest BCUT2D eigenvalue weighted by Gasteiger charge is 2.30. The summed E-state index contributed by atoms with van der Waals surface area (Å²) in [5.74, 6) is 0. The van der Waals surface area contributed by atoms with Gasteiger partial charge in [-0.1, -0.05) is 36.4 Å². The van der Waals surface area contributed by atoms with Crippen LogP contribution in [-0.2, 0) is 19.6 Å². The largest absolute Gasteiger partial charge is 0.350 e. The highest BCUT2D eigenvalue weighted by molar-refractivity contribution is 5.89. The topological polar surface area (TPSA) is 35.9 Å². The van der Waals surface area contributed by atoms with Crippen LogP contribution in [-0.4, -0.2) is 9.13 Å². The summed E-state index contributed by atoms with van der Waals surface area (Å²) in [5.41, 5.74) is 11.1. The van der Waals surface area contributed by atoms with E-state index in [1.165, 1.54) is 21.8 Å². The van der Waals surface area contributed by atoms with Gasteiger partial charge in [0.2, 0.25) is 0 Å². The Bertz CT molecular complexity index is 936. The van der Waals surface area contributed by atoms with Gasteiger partial charge in [0.05, 0.1) is 5.54 Å². The van der Waals surface area contributed by atoms with Crippen LogP contribution in [0.2, 0.25) is 0 Å². The quantitative estimate of drug-likeness (QED) is 0.599. The second-order valence-electron chi connectivity index (χ2n) is 6.54. The molecule has 116 valence electrons. The lowest BCUT2D eigenvalue weighted by atomic mass is 9.85. The van der Waals surface area contributed by atoms with Crippen LogP contribution in [0.1, 0.15) is 18.1 Å². The normalized spacial score (nSPS) is 12.3. The third-order valence-corrected chi connectivity index (χ3v) is 4.91. The van der Waals surface area contributed by atoms with Gasteiger partial charge in [-0.05, 0) is 19.1 Å². The van der Waals surface area contributed by atoms with Gasteiger partial charge >= 0.3 is 0 Å². The van der Waals surface area contributed by atoms with Gasteiger partial charge in [0.1, 0.15) is 0 Å². The summed E-state index contributed by atoms with van der Waals surface area (Å²) in [4.78, 5) is 0. The molecule has 0 amide bonds. The van der Waals surface area contributed by atoms with Gasteiger partial charge in [-0.3, -0.25) is 0 Å². The summed E-state index contributed by atoms with van der Waals surface area (Å²) in [7, 11) is 4.15. The van der Waals surface area contributed by atoms with E-state index in [4.69, 9.17) is 5.73 Å². The Kier molecular flexibility index (Phi) is 2.90. The number of fused-ring (bicyclic) bond motifs is 2. The molecule has 23 heavy (non-hydrogen) atoms. The van der Waals surface area contributed by atoms with Crippen LogP contribution in [0.4, 0.5) is 0 Å². The van der Waals surface area contributed by atoms with Crippen molar-refractivity contribution in [3.05, 3.63) is 72.1 Å².